The quantitative estimate of drug-likeness (QED) is 0.469. The molecule has 1 amide bonds. The maximum Gasteiger partial charge on any atom is 0.271 e. The SMILES string of the molecule is Cc1ccc(C)c(S(=O)(=O)N2CCN(C(=O)c3cc([N+](=O)[O-])cc(S(C)(=O)=O)c3)CC2)c1. The van der Waals surface area contributed by atoms with Crippen LogP contribution in [0.15, 0.2) is 46.2 Å². The number of hydrogen-bond donors (Lipinski definition) is 0. The number of non-ortho nitro benzene ring substituents is 1. The van der Waals surface area contributed by atoms with E-state index in [1.54, 1.807) is 26.0 Å². The molecule has 0 aromatic heterocycles. The van der Waals surface area contributed by atoms with Crippen molar-refractivity contribution in [3.8, 4) is 0 Å². The van der Waals surface area contributed by atoms with Gasteiger partial charge in [0.2, 0.25) is 10.0 Å². The molecule has 1 saturated heterocycles. The Kier molecular flexibility index (Phi) is 6.40. The van der Waals surface area contributed by atoms with Gasteiger partial charge in [-0.2, -0.15) is 4.31 Å². The molecule has 12 heteroatoms. The zero-order valence-corrected chi connectivity index (χ0v) is 19.4. The second-order valence-corrected chi connectivity index (χ2v) is 11.6. The maximum absolute atomic E-state index is 13.1. The van der Waals surface area contributed by atoms with Gasteiger partial charge in [0.05, 0.1) is 14.7 Å². The van der Waals surface area contributed by atoms with Crippen molar-refractivity contribution in [1.82, 2.24) is 9.21 Å². The minimum atomic E-state index is -3.77. The fraction of sp³-hybridized carbons (Fsp3) is 0.350. The third-order valence-electron chi connectivity index (χ3n) is 5.26. The molecule has 0 aliphatic carbocycles. The lowest BCUT2D eigenvalue weighted by Gasteiger charge is -2.34. The number of sulfone groups is 1. The van der Waals surface area contributed by atoms with E-state index in [-0.39, 0.29) is 41.5 Å². The average molecular weight is 482 g/mol. The van der Waals surface area contributed by atoms with E-state index in [0.29, 0.717) is 5.56 Å². The van der Waals surface area contributed by atoms with Gasteiger partial charge in [0.1, 0.15) is 0 Å². The first-order valence-electron chi connectivity index (χ1n) is 9.67. The number of nitrogens with zero attached hydrogens (tertiary/aromatic N) is 3. The van der Waals surface area contributed by atoms with E-state index >= 15 is 0 Å². The van der Waals surface area contributed by atoms with Crippen LogP contribution in [-0.2, 0) is 19.9 Å². The van der Waals surface area contributed by atoms with Crippen LogP contribution in [-0.4, -0.2) is 69.3 Å². The number of carbonyl (C=O) groups is 1. The van der Waals surface area contributed by atoms with E-state index in [9.17, 15) is 31.7 Å². The highest BCUT2D eigenvalue weighted by atomic mass is 32.2. The summed E-state index contributed by atoms with van der Waals surface area (Å²) in [5, 5.41) is 11.2. The first-order chi connectivity index (χ1) is 14.8. The number of amides is 1. The molecule has 0 spiro atoms. The molecule has 0 saturated carbocycles. The van der Waals surface area contributed by atoms with Crippen molar-refractivity contribution in [2.45, 2.75) is 23.6 Å². The Morgan fingerprint density at radius 3 is 2.16 bits per heavy atom. The van der Waals surface area contributed by atoms with Gasteiger partial charge in [-0.1, -0.05) is 12.1 Å². The number of carbonyl (C=O) groups excluding carboxylic acids is 1. The summed E-state index contributed by atoms with van der Waals surface area (Å²) in [5.41, 5.74) is 0.798. The number of rotatable bonds is 5. The number of aryl methyl sites for hydroxylation is 2. The van der Waals surface area contributed by atoms with Gasteiger partial charge in [-0.3, -0.25) is 14.9 Å². The van der Waals surface area contributed by atoms with Crippen LogP contribution in [0.3, 0.4) is 0 Å². The van der Waals surface area contributed by atoms with Crippen LogP contribution in [0, 0.1) is 24.0 Å². The van der Waals surface area contributed by atoms with Crippen LogP contribution in [0.4, 0.5) is 5.69 Å². The highest BCUT2D eigenvalue weighted by molar-refractivity contribution is 7.90. The van der Waals surface area contributed by atoms with Crippen molar-refractivity contribution in [2.24, 2.45) is 0 Å². The third-order valence-corrected chi connectivity index (χ3v) is 8.40. The molecule has 0 unspecified atom stereocenters. The Balaban J connectivity index is 1.82. The zero-order chi connectivity index (χ0) is 23.8. The summed E-state index contributed by atoms with van der Waals surface area (Å²) < 4.78 is 51.2. The molecule has 0 radical (unpaired) electrons. The van der Waals surface area contributed by atoms with Crippen molar-refractivity contribution < 1.29 is 26.6 Å². The molecule has 0 atom stereocenters. The predicted molar refractivity (Wildman–Crippen MR) is 117 cm³/mol. The highest BCUT2D eigenvalue weighted by Crippen LogP contribution is 2.25. The van der Waals surface area contributed by atoms with Crippen LogP contribution in [0.1, 0.15) is 21.5 Å². The molecule has 2 aromatic rings. The smallest absolute Gasteiger partial charge is 0.271 e. The fourth-order valence-electron chi connectivity index (χ4n) is 3.46. The summed E-state index contributed by atoms with van der Waals surface area (Å²) >= 11 is 0. The molecule has 1 aliphatic heterocycles. The number of benzene rings is 2. The van der Waals surface area contributed by atoms with Gasteiger partial charge in [0, 0.05) is 50.1 Å². The van der Waals surface area contributed by atoms with Gasteiger partial charge in [-0.25, -0.2) is 16.8 Å². The Bertz CT molecular complexity index is 1300. The van der Waals surface area contributed by atoms with Gasteiger partial charge in [0.15, 0.2) is 9.84 Å². The molecular formula is C20H23N3O7S2. The van der Waals surface area contributed by atoms with Crippen molar-refractivity contribution in [1.29, 1.82) is 0 Å². The largest absolute Gasteiger partial charge is 0.336 e. The summed E-state index contributed by atoms with van der Waals surface area (Å²) in [5.74, 6) is -0.595. The van der Waals surface area contributed by atoms with Crippen LogP contribution in [0.2, 0.25) is 0 Å². The number of nitro benzene ring substituents is 1. The van der Waals surface area contributed by atoms with Gasteiger partial charge in [0.25, 0.3) is 11.6 Å². The molecule has 3 rings (SSSR count). The third kappa shape index (κ3) is 4.81. The number of hydrogen-bond acceptors (Lipinski definition) is 7. The topological polar surface area (TPSA) is 135 Å². The predicted octanol–water partition coefficient (Wildman–Crippen LogP) is 1.76. The van der Waals surface area contributed by atoms with Gasteiger partial charge in [-0.15, -0.1) is 0 Å². The lowest BCUT2D eigenvalue weighted by atomic mass is 10.1. The second-order valence-electron chi connectivity index (χ2n) is 7.71. The number of piperazine rings is 1. The van der Waals surface area contributed by atoms with E-state index in [2.05, 4.69) is 0 Å². The molecule has 10 nitrogen and oxygen atoms in total. The Morgan fingerprint density at radius 2 is 1.59 bits per heavy atom. The average Bonchev–Trinajstić information content (AvgIpc) is 2.74. The number of nitro groups is 1. The molecule has 1 fully saturated rings. The monoisotopic (exact) mass is 481 g/mol. The van der Waals surface area contributed by atoms with E-state index in [1.165, 1.54) is 9.21 Å². The summed E-state index contributed by atoms with van der Waals surface area (Å²) in [6.45, 7) is 3.76. The maximum atomic E-state index is 13.1. The second kappa shape index (κ2) is 8.60. The summed E-state index contributed by atoms with van der Waals surface area (Å²) in [6.07, 6.45) is 0.900. The van der Waals surface area contributed by atoms with Crippen molar-refractivity contribution in [3.05, 3.63) is 63.2 Å². The molecule has 1 heterocycles. The van der Waals surface area contributed by atoms with Crippen LogP contribution in [0.25, 0.3) is 0 Å². The molecule has 0 N–H and O–H groups in total. The van der Waals surface area contributed by atoms with E-state index in [1.807, 2.05) is 6.07 Å². The normalized spacial score (nSPS) is 15.5. The van der Waals surface area contributed by atoms with Crippen LogP contribution >= 0.6 is 0 Å². The first-order valence-corrected chi connectivity index (χ1v) is 13.0. The lowest BCUT2D eigenvalue weighted by molar-refractivity contribution is -0.385. The van der Waals surface area contributed by atoms with E-state index < -0.39 is 36.4 Å². The van der Waals surface area contributed by atoms with Gasteiger partial charge < -0.3 is 4.90 Å². The molecule has 0 bridgehead atoms. The minimum Gasteiger partial charge on any atom is -0.336 e. The molecule has 1 aliphatic rings. The van der Waals surface area contributed by atoms with Crippen molar-refractivity contribution in [3.63, 3.8) is 0 Å². The van der Waals surface area contributed by atoms with E-state index in [4.69, 9.17) is 0 Å². The van der Waals surface area contributed by atoms with Crippen LogP contribution < -0.4 is 0 Å². The summed E-state index contributed by atoms with van der Waals surface area (Å²) in [6, 6.07) is 8.21. The lowest BCUT2D eigenvalue weighted by Crippen LogP contribution is -2.50. The minimum absolute atomic E-state index is 0.0509. The number of sulfonamides is 1. The van der Waals surface area contributed by atoms with Crippen LogP contribution in [0.5, 0.6) is 0 Å². The standard InChI is InChI=1S/C20H23N3O7S2/c1-14-4-5-15(2)19(10-14)32(29,30)22-8-6-21(7-9-22)20(24)16-11-17(23(25)26)13-18(12-16)31(3,27)28/h4-5,10-13H,6-9H2,1-3H3. The molecular weight excluding hydrogens is 458 g/mol. The first kappa shape index (κ1) is 23.8. The molecule has 172 valence electrons. The summed E-state index contributed by atoms with van der Waals surface area (Å²) in [7, 11) is -7.52. The Hall–Kier alpha value is -2.83. The molecule has 32 heavy (non-hydrogen) atoms. The Labute approximate surface area is 186 Å². The zero-order valence-electron chi connectivity index (χ0n) is 17.8. The van der Waals surface area contributed by atoms with Gasteiger partial charge in [-0.05, 0) is 37.1 Å². The van der Waals surface area contributed by atoms with Crippen molar-refractivity contribution >= 4 is 31.5 Å². The van der Waals surface area contributed by atoms with Crippen molar-refractivity contribution in [2.75, 3.05) is 32.4 Å². The Morgan fingerprint density at radius 1 is 0.969 bits per heavy atom. The van der Waals surface area contributed by atoms with Gasteiger partial charge >= 0.3 is 0 Å². The highest BCUT2D eigenvalue weighted by Gasteiger charge is 2.32. The molecule has 2 aromatic carbocycles. The fourth-order valence-corrected chi connectivity index (χ4v) is 5.87. The summed E-state index contributed by atoms with van der Waals surface area (Å²) in [4.78, 5) is 24.6. The van der Waals surface area contributed by atoms with E-state index in [0.717, 1.165) is 30.0 Å².